The number of aromatic nitrogens is 3. The highest BCUT2D eigenvalue weighted by molar-refractivity contribution is 5.90. The highest BCUT2D eigenvalue weighted by Gasteiger charge is 2.04. The predicted octanol–water partition coefficient (Wildman–Crippen LogP) is -1.66. The molecule has 60 valence electrons. The van der Waals surface area contributed by atoms with E-state index in [4.69, 9.17) is 11.5 Å². The Morgan fingerprint density at radius 2 is 2.45 bits per heavy atom. The van der Waals surface area contributed by atoms with Crippen LogP contribution in [0.5, 0.6) is 0 Å². The summed E-state index contributed by atoms with van der Waals surface area (Å²) in [5, 5.41) is 7.13. The molecule has 1 amide bonds. The van der Waals surface area contributed by atoms with Crippen LogP contribution in [0.4, 0.5) is 0 Å². The fourth-order valence-corrected chi connectivity index (χ4v) is 0.653. The Bertz CT molecular complexity index is 255. The first-order valence-electron chi connectivity index (χ1n) is 3.14. The Morgan fingerprint density at radius 3 is 2.91 bits per heavy atom. The maximum Gasteiger partial charge on any atom is 0.270 e. The van der Waals surface area contributed by atoms with Gasteiger partial charge in [0.2, 0.25) is 0 Å². The summed E-state index contributed by atoms with van der Waals surface area (Å²) in [5.74, 6) is -0.576. The van der Waals surface area contributed by atoms with Crippen LogP contribution in [0.25, 0.3) is 0 Å². The molecule has 0 aliphatic heterocycles. The Hall–Kier alpha value is -1.43. The molecular weight excluding hydrogens is 146 g/mol. The molecule has 0 radical (unpaired) electrons. The van der Waals surface area contributed by atoms with Crippen LogP contribution in [0.15, 0.2) is 6.20 Å². The zero-order chi connectivity index (χ0) is 8.27. The first kappa shape index (κ1) is 7.67. The monoisotopic (exact) mass is 155 g/mol. The molecule has 1 aromatic rings. The number of nitrogens with two attached hydrogens (primary N) is 2. The molecule has 11 heavy (non-hydrogen) atoms. The number of hydrogen-bond donors (Lipinski definition) is 2. The largest absolute Gasteiger partial charge is 0.364 e. The molecule has 1 aromatic heterocycles. The van der Waals surface area contributed by atoms with Gasteiger partial charge in [-0.25, -0.2) is 0 Å². The number of nitrogens with zero attached hydrogens (tertiary/aromatic N) is 3. The van der Waals surface area contributed by atoms with E-state index in [1.54, 1.807) is 0 Å². The number of rotatable bonds is 3. The van der Waals surface area contributed by atoms with Crippen molar-refractivity contribution in [2.24, 2.45) is 11.5 Å². The van der Waals surface area contributed by atoms with Gasteiger partial charge >= 0.3 is 0 Å². The minimum absolute atomic E-state index is 0.165. The zero-order valence-corrected chi connectivity index (χ0v) is 5.90. The molecule has 0 saturated heterocycles. The van der Waals surface area contributed by atoms with Crippen molar-refractivity contribution in [1.82, 2.24) is 15.0 Å². The van der Waals surface area contributed by atoms with Gasteiger partial charge in [0, 0.05) is 6.54 Å². The Morgan fingerprint density at radius 1 is 1.73 bits per heavy atom. The van der Waals surface area contributed by atoms with Crippen molar-refractivity contribution < 1.29 is 4.79 Å². The molecule has 0 fully saturated rings. The summed E-state index contributed by atoms with van der Waals surface area (Å²) in [7, 11) is 0. The molecule has 4 N–H and O–H groups in total. The summed E-state index contributed by atoms with van der Waals surface area (Å²) in [5.41, 5.74) is 10.3. The summed E-state index contributed by atoms with van der Waals surface area (Å²) < 4.78 is 1.47. The van der Waals surface area contributed by atoms with Gasteiger partial charge in [-0.1, -0.05) is 5.21 Å². The van der Waals surface area contributed by atoms with Gasteiger partial charge in [-0.15, -0.1) is 5.10 Å². The van der Waals surface area contributed by atoms with Gasteiger partial charge in [0.1, 0.15) is 0 Å². The van der Waals surface area contributed by atoms with Crippen molar-refractivity contribution in [1.29, 1.82) is 0 Å². The molecule has 0 atom stereocenters. The number of hydrogen-bond acceptors (Lipinski definition) is 4. The molecule has 1 heterocycles. The number of carbonyl (C=O) groups excluding carboxylic acids is 1. The number of primary amides is 1. The lowest BCUT2D eigenvalue weighted by Crippen LogP contribution is -2.12. The molecule has 0 bridgehead atoms. The molecule has 0 unspecified atom stereocenters. The molecule has 0 saturated carbocycles. The highest BCUT2D eigenvalue weighted by Crippen LogP contribution is 1.89. The Balaban J connectivity index is 2.73. The lowest BCUT2D eigenvalue weighted by Gasteiger charge is -1.91. The van der Waals surface area contributed by atoms with Crippen molar-refractivity contribution in [2.75, 3.05) is 6.54 Å². The topological polar surface area (TPSA) is 99.8 Å². The van der Waals surface area contributed by atoms with Crippen LogP contribution < -0.4 is 11.5 Å². The quantitative estimate of drug-likeness (QED) is 0.545. The molecule has 0 aliphatic carbocycles. The van der Waals surface area contributed by atoms with E-state index in [0.29, 0.717) is 13.1 Å². The van der Waals surface area contributed by atoms with Crippen molar-refractivity contribution in [2.45, 2.75) is 6.54 Å². The molecule has 0 spiro atoms. The zero-order valence-electron chi connectivity index (χ0n) is 5.90. The minimum atomic E-state index is -0.576. The maximum absolute atomic E-state index is 10.5. The van der Waals surface area contributed by atoms with Gasteiger partial charge in [-0.05, 0) is 0 Å². The third-order valence-corrected chi connectivity index (χ3v) is 1.15. The summed E-state index contributed by atoms with van der Waals surface area (Å²) in [6, 6.07) is 0. The van der Waals surface area contributed by atoms with Gasteiger partial charge < -0.3 is 11.5 Å². The predicted molar refractivity (Wildman–Crippen MR) is 37.6 cm³/mol. The van der Waals surface area contributed by atoms with Crippen molar-refractivity contribution in [3.8, 4) is 0 Å². The van der Waals surface area contributed by atoms with E-state index in [1.807, 2.05) is 0 Å². The number of carbonyl (C=O) groups is 1. The van der Waals surface area contributed by atoms with Crippen LogP contribution in [0.1, 0.15) is 10.5 Å². The second kappa shape index (κ2) is 3.11. The number of amides is 1. The van der Waals surface area contributed by atoms with Gasteiger partial charge in [-0.2, -0.15) is 0 Å². The van der Waals surface area contributed by atoms with Gasteiger partial charge in [0.05, 0.1) is 12.7 Å². The van der Waals surface area contributed by atoms with Crippen LogP contribution in [-0.4, -0.2) is 27.4 Å². The highest BCUT2D eigenvalue weighted by atomic mass is 16.1. The Labute approximate surface area is 63.2 Å². The van der Waals surface area contributed by atoms with Crippen LogP contribution in [0.3, 0.4) is 0 Å². The van der Waals surface area contributed by atoms with E-state index in [2.05, 4.69) is 10.3 Å². The first-order chi connectivity index (χ1) is 5.24. The van der Waals surface area contributed by atoms with E-state index in [0.717, 1.165) is 0 Å². The Kier molecular flexibility index (Phi) is 2.17. The summed E-state index contributed by atoms with van der Waals surface area (Å²) in [6.45, 7) is 1.00. The molecule has 6 heteroatoms. The van der Waals surface area contributed by atoms with E-state index >= 15 is 0 Å². The smallest absolute Gasteiger partial charge is 0.270 e. The molecule has 1 rings (SSSR count). The second-order valence-electron chi connectivity index (χ2n) is 2.02. The minimum Gasteiger partial charge on any atom is -0.364 e. The average Bonchev–Trinajstić information content (AvgIpc) is 2.37. The van der Waals surface area contributed by atoms with Crippen LogP contribution >= 0.6 is 0 Å². The van der Waals surface area contributed by atoms with E-state index in [1.165, 1.54) is 10.9 Å². The first-order valence-corrected chi connectivity index (χ1v) is 3.14. The second-order valence-corrected chi connectivity index (χ2v) is 2.02. The normalized spacial score (nSPS) is 9.91. The maximum atomic E-state index is 10.5. The van der Waals surface area contributed by atoms with Crippen molar-refractivity contribution in [3.63, 3.8) is 0 Å². The molecule has 0 aliphatic rings. The SMILES string of the molecule is NCCn1cc(C(N)=O)nn1. The lowest BCUT2D eigenvalue weighted by molar-refractivity contribution is 0.0995. The van der Waals surface area contributed by atoms with Gasteiger partial charge in [0.15, 0.2) is 5.69 Å². The van der Waals surface area contributed by atoms with Gasteiger partial charge in [-0.3, -0.25) is 9.48 Å². The van der Waals surface area contributed by atoms with E-state index in [9.17, 15) is 4.79 Å². The summed E-state index contributed by atoms with van der Waals surface area (Å²) in [4.78, 5) is 10.5. The third-order valence-electron chi connectivity index (χ3n) is 1.15. The van der Waals surface area contributed by atoms with Crippen LogP contribution in [-0.2, 0) is 6.54 Å². The van der Waals surface area contributed by atoms with Crippen molar-refractivity contribution in [3.05, 3.63) is 11.9 Å². The van der Waals surface area contributed by atoms with Crippen LogP contribution in [0.2, 0.25) is 0 Å². The molecule has 6 nitrogen and oxygen atoms in total. The lowest BCUT2D eigenvalue weighted by atomic mass is 10.5. The van der Waals surface area contributed by atoms with Crippen molar-refractivity contribution >= 4 is 5.91 Å². The standard InChI is InChI=1S/C5H9N5O/c6-1-2-10-3-4(5(7)11)8-9-10/h3H,1-2,6H2,(H2,7,11). The van der Waals surface area contributed by atoms with Gasteiger partial charge in [0.25, 0.3) is 5.91 Å². The molecule has 0 aromatic carbocycles. The summed E-state index contributed by atoms with van der Waals surface area (Å²) >= 11 is 0. The fourth-order valence-electron chi connectivity index (χ4n) is 0.653. The summed E-state index contributed by atoms with van der Waals surface area (Å²) in [6.07, 6.45) is 1.47. The average molecular weight is 155 g/mol. The fraction of sp³-hybridized carbons (Fsp3) is 0.400. The van der Waals surface area contributed by atoms with E-state index < -0.39 is 5.91 Å². The van der Waals surface area contributed by atoms with E-state index in [-0.39, 0.29) is 5.69 Å². The van der Waals surface area contributed by atoms with Crippen LogP contribution in [0, 0.1) is 0 Å². The third kappa shape index (κ3) is 1.74. The molecular formula is C5H9N5O.